The molecule has 2 aliphatic carbocycles. The summed E-state index contributed by atoms with van der Waals surface area (Å²) in [6, 6.07) is 12.2. The van der Waals surface area contributed by atoms with Gasteiger partial charge in [0.05, 0.1) is 12.0 Å². The molecule has 2 aromatic rings. The summed E-state index contributed by atoms with van der Waals surface area (Å²) in [5.41, 5.74) is -0.151. The second-order valence-electron chi connectivity index (χ2n) is 11.3. The number of hydrogen-bond donors (Lipinski definition) is 3. The van der Waals surface area contributed by atoms with E-state index in [2.05, 4.69) is 10.6 Å². The smallest absolute Gasteiger partial charge is 0.264 e. The van der Waals surface area contributed by atoms with Crippen LogP contribution < -0.4 is 10.6 Å². The van der Waals surface area contributed by atoms with Crippen LogP contribution in [-0.2, 0) is 20.0 Å². The highest BCUT2D eigenvalue weighted by Crippen LogP contribution is 2.53. The third kappa shape index (κ3) is 3.98. The molecule has 0 spiro atoms. The first kappa shape index (κ1) is 26.4. The maximum atomic E-state index is 15.2. The number of nitrogens with zero attached hydrogens (tertiary/aromatic N) is 2. The number of rotatable bonds is 5. The zero-order valence-electron chi connectivity index (χ0n) is 21.8. The van der Waals surface area contributed by atoms with Crippen molar-refractivity contribution in [1.82, 2.24) is 15.5 Å². The lowest BCUT2D eigenvalue weighted by atomic mass is 9.70. The Bertz CT molecular complexity index is 1380. The Morgan fingerprint density at radius 1 is 1.10 bits per heavy atom. The molecule has 3 N–H and O–H groups in total. The SMILES string of the molecule is N#C[C@@H](C[C@H]1CCCNC1=O)NC(=O)[C@H]1[C@@H]2CC[C@@H](CC2(F)F)N1C(=O)C1(O)c2ccccc2-c2ccccc21. The van der Waals surface area contributed by atoms with E-state index in [1.54, 1.807) is 48.5 Å². The molecule has 3 saturated heterocycles. The number of benzene rings is 2. The maximum absolute atomic E-state index is 15.2. The zero-order chi connectivity index (χ0) is 28.2. The van der Waals surface area contributed by atoms with Crippen LogP contribution in [0.4, 0.5) is 8.78 Å². The number of hydrogen-bond acceptors (Lipinski definition) is 5. The van der Waals surface area contributed by atoms with Gasteiger partial charge in [-0.2, -0.15) is 5.26 Å². The summed E-state index contributed by atoms with van der Waals surface area (Å²) in [4.78, 5) is 41.5. The molecule has 4 fully saturated rings. The number of aliphatic hydroxyl groups is 1. The minimum absolute atomic E-state index is 0.0351. The van der Waals surface area contributed by atoms with Crippen LogP contribution in [0.1, 0.15) is 49.7 Å². The molecule has 0 unspecified atom stereocenters. The van der Waals surface area contributed by atoms with Crippen LogP contribution in [0.2, 0.25) is 0 Å². The van der Waals surface area contributed by atoms with Gasteiger partial charge in [0, 0.05) is 36.1 Å². The summed E-state index contributed by atoms with van der Waals surface area (Å²) in [7, 11) is 0. The van der Waals surface area contributed by atoms with Crippen LogP contribution in [-0.4, -0.2) is 58.3 Å². The fraction of sp³-hybridized carbons (Fsp3) is 0.467. The van der Waals surface area contributed by atoms with E-state index in [0.29, 0.717) is 35.2 Å². The van der Waals surface area contributed by atoms with E-state index in [0.717, 1.165) is 11.3 Å². The third-order valence-corrected chi connectivity index (χ3v) is 9.06. The van der Waals surface area contributed by atoms with E-state index in [4.69, 9.17) is 0 Å². The molecule has 8 nitrogen and oxygen atoms in total. The Labute approximate surface area is 230 Å². The monoisotopic (exact) mass is 548 g/mol. The molecule has 0 radical (unpaired) electrons. The molecule has 0 aromatic heterocycles. The molecule has 3 amide bonds. The summed E-state index contributed by atoms with van der Waals surface area (Å²) in [6.07, 6.45) is 1.06. The van der Waals surface area contributed by atoms with Gasteiger partial charge in [-0.25, -0.2) is 8.78 Å². The average Bonchev–Trinajstić information content (AvgIpc) is 3.22. The molecule has 5 aliphatic rings. The summed E-state index contributed by atoms with van der Waals surface area (Å²) in [6.45, 7) is 0.547. The van der Waals surface area contributed by atoms with E-state index < -0.39 is 59.7 Å². The summed E-state index contributed by atoms with van der Waals surface area (Å²) < 4.78 is 30.5. The van der Waals surface area contributed by atoms with Crippen molar-refractivity contribution in [2.75, 3.05) is 6.54 Å². The molecule has 3 aliphatic heterocycles. The number of carbonyl (C=O) groups is 3. The van der Waals surface area contributed by atoms with Crippen LogP contribution in [0, 0.1) is 23.2 Å². The highest BCUT2D eigenvalue weighted by Gasteiger charge is 2.63. The van der Waals surface area contributed by atoms with Gasteiger partial charge in [0.2, 0.25) is 11.8 Å². The van der Waals surface area contributed by atoms with Crippen LogP contribution >= 0.6 is 0 Å². The molecule has 208 valence electrons. The summed E-state index contributed by atoms with van der Waals surface area (Å²) in [5.74, 6) is -7.03. The van der Waals surface area contributed by atoms with Gasteiger partial charge in [-0.15, -0.1) is 0 Å². The van der Waals surface area contributed by atoms with Gasteiger partial charge in [-0.05, 0) is 43.2 Å². The molecule has 40 heavy (non-hydrogen) atoms. The predicted octanol–water partition coefficient (Wildman–Crippen LogP) is 2.84. The lowest BCUT2D eigenvalue weighted by molar-refractivity contribution is -0.201. The molecule has 2 aromatic carbocycles. The largest absolute Gasteiger partial charge is 0.372 e. The van der Waals surface area contributed by atoms with E-state index in [9.17, 15) is 24.8 Å². The highest BCUT2D eigenvalue weighted by molar-refractivity contribution is 6.01. The zero-order valence-corrected chi connectivity index (χ0v) is 21.8. The molecular formula is C30H30F2N4O4. The van der Waals surface area contributed by atoms with Crippen molar-refractivity contribution in [2.45, 2.75) is 68.2 Å². The normalized spacial score (nSPS) is 28.1. The quantitative estimate of drug-likeness (QED) is 0.531. The Morgan fingerprint density at radius 3 is 2.35 bits per heavy atom. The maximum Gasteiger partial charge on any atom is 0.264 e. The average molecular weight is 549 g/mol. The number of alkyl halides is 2. The fourth-order valence-electron chi connectivity index (χ4n) is 7.17. The van der Waals surface area contributed by atoms with Crippen molar-refractivity contribution in [3.63, 3.8) is 0 Å². The molecule has 2 bridgehead atoms. The topological polar surface area (TPSA) is 123 Å². The van der Waals surface area contributed by atoms with Crippen LogP contribution in [0.5, 0.6) is 0 Å². The van der Waals surface area contributed by atoms with Gasteiger partial charge in [-0.3, -0.25) is 14.4 Å². The molecule has 10 heteroatoms. The molecular weight excluding hydrogens is 518 g/mol. The second-order valence-corrected chi connectivity index (χ2v) is 11.3. The Morgan fingerprint density at radius 2 is 1.75 bits per heavy atom. The number of nitriles is 1. The first-order valence-corrected chi connectivity index (χ1v) is 13.8. The van der Waals surface area contributed by atoms with Crippen molar-refractivity contribution in [3.05, 3.63) is 59.7 Å². The Hall–Kier alpha value is -3.84. The highest BCUT2D eigenvalue weighted by atomic mass is 19.3. The van der Waals surface area contributed by atoms with E-state index >= 15 is 8.78 Å². The van der Waals surface area contributed by atoms with Crippen molar-refractivity contribution >= 4 is 17.7 Å². The summed E-state index contributed by atoms with van der Waals surface area (Å²) >= 11 is 0. The Kier molecular flexibility index (Phi) is 6.37. The van der Waals surface area contributed by atoms with E-state index in [1.807, 2.05) is 6.07 Å². The first-order chi connectivity index (χ1) is 19.2. The Balaban J connectivity index is 1.35. The van der Waals surface area contributed by atoms with Gasteiger partial charge >= 0.3 is 0 Å². The van der Waals surface area contributed by atoms with Gasteiger partial charge in [0.15, 0.2) is 5.60 Å². The molecule has 7 rings (SSSR count). The number of piperidine rings is 3. The summed E-state index contributed by atoms with van der Waals surface area (Å²) in [5, 5.41) is 27.2. The number of amides is 3. The van der Waals surface area contributed by atoms with Crippen molar-refractivity contribution < 1.29 is 28.3 Å². The number of fused-ring (bicyclic) bond motifs is 6. The van der Waals surface area contributed by atoms with Gasteiger partial charge in [0.25, 0.3) is 11.8 Å². The van der Waals surface area contributed by atoms with Crippen LogP contribution in [0.3, 0.4) is 0 Å². The van der Waals surface area contributed by atoms with Gasteiger partial charge in [-0.1, -0.05) is 48.5 Å². The van der Waals surface area contributed by atoms with E-state index in [-0.39, 0.29) is 25.2 Å². The number of halogens is 2. The minimum atomic E-state index is -3.19. The third-order valence-electron chi connectivity index (χ3n) is 9.06. The van der Waals surface area contributed by atoms with Gasteiger partial charge in [0.1, 0.15) is 12.1 Å². The predicted molar refractivity (Wildman–Crippen MR) is 139 cm³/mol. The van der Waals surface area contributed by atoms with Crippen molar-refractivity contribution in [1.29, 1.82) is 5.26 Å². The van der Waals surface area contributed by atoms with Crippen molar-refractivity contribution in [2.24, 2.45) is 11.8 Å². The standard InChI is InChI=1S/C30H30F2N4O4/c31-29(32)15-19-11-12-24(29)25(27(38)35-18(16-33)14-17-6-5-13-34-26(17)37)36(19)28(39)30(40)22-9-3-1-7-20(22)21-8-2-4-10-23(21)30/h1-4,7-10,17-19,24-25,40H,5-6,11-15H2,(H,34,37)(H,35,38)/t17-,18-,19+,24+,25-/m1/s1. The molecule has 1 saturated carbocycles. The lowest BCUT2D eigenvalue weighted by Crippen LogP contribution is -2.70. The second kappa shape index (κ2) is 9.66. The first-order valence-electron chi connectivity index (χ1n) is 13.8. The molecule has 5 atom stereocenters. The van der Waals surface area contributed by atoms with Crippen LogP contribution in [0.15, 0.2) is 48.5 Å². The lowest BCUT2D eigenvalue weighted by Gasteiger charge is -2.54. The minimum Gasteiger partial charge on any atom is -0.372 e. The van der Waals surface area contributed by atoms with Crippen molar-refractivity contribution in [3.8, 4) is 17.2 Å². The number of nitrogens with one attached hydrogen (secondary N) is 2. The number of carbonyl (C=O) groups excluding carboxylic acids is 3. The fourth-order valence-corrected chi connectivity index (χ4v) is 7.17. The van der Waals surface area contributed by atoms with Crippen LogP contribution in [0.25, 0.3) is 11.1 Å². The molecule has 3 heterocycles. The van der Waals surface area contributed by atoms with Gasteiger partial charge < -0.3 is 20.6 Å². The van der Waals surface area contributed by atoms with E-state index in [1.165, 1.54) is 0 Å².